The van der Waals surface area contributed by atoms with Gasteiger partial charge in [-0.25, -0.2) is 4.79 Å². The van der Waals surface area contributed by atoms with Gasteiger partial charge in [0.2, 0.25) is 0 Å². The van der Waals surface area contributed by atoms with Gasteiger partial charge in [0.1, 0.15) is 23.0 Å². The summed E-state index contributed by atoms with van der Waals surface area (Å²) in [6, 6.07) is 11.7. The first-order valence-electron chi connectivity index (χ1n) is 12.5. The number of rotatable bonds is 6. The minimum atomic E-state index is -1.44. The van der Waals surface area contributed by atoms with Crippen LogP contribution in [0.15, 0.2) is 42.5 Å². The van der Waals surface area contributed by atoms with E-state index in [0.717, 1.165) is 0 Å². The Kier molecular flexibility index (Phi) is 6.38. The Morgan fingerprint density at radius 3 is 1.82 bits per heavy atom. The number of carbonyl (C=O) groups is 4. The number of aryl methyl sites for hydroxylation is 2. The summed E-state index contributed by atoms with van der Waals surface area (Å²) in [5, 5.41) is 9.27. The molecule has 2 aliphatic rings. The van der Waals surface area contributed by atoms with Gasteiger partial charge in [-0.1, -0.05) is 26.0 Å². The molecule has 0 radical (unpaired) electrons. The minimum Gasteiger partial charge on any atom is -0.481 e. The molecule has 0 aliphatic carbocycles. The van der Waals surface area contributed by atoms with Gasteiger partial charge in [0.05, 0.1) is 12.0 Å². The standard InChI is InChI=1S/C30H26O9/c1-5-18-11-22-26(13-24(18)36-15(3)31)38-27-14-25(37-16(4)32)19(6-2)12-23(27)30(22)21-8-7-17(10-28(33)34)9-20(21)29(35)39-30/h7-9,11-14H,5-6,10H2,1-4H3,(H,33,34). The smallest absolute Gasteiger partial charge is 0.340 e. The number of carboxylic acids is 1. The molecule has 0 saturated carbocycles. The topological polar surface area (TPSA) is 125 Å². The molecule has 0 saturated heterocycles. The third-order valence-electron chi connectivity index (χ3n) is 6.86. The third kappa shape index (κ3) is 4.29. The lowest BCUT2D eigenvalue weighted by Crippen LogP contribution is -2.33. The first-order valence-corrected chi connectivity index (χ1v) is 12.5. The van der Waals surface area contributed by atoms with E-state index in [0.29, 0.717) is 69.2 Å². The summed E-state index contributed by atoms with van der Waals surface area (Å²) in [6.07, 6.45) is 0.785. The van der Waals surface area contributed by atoms with E-state index < -0.39 is 29.5 Å². The molecule has 0 aromatic heterocycles. The van der Waals surface area contributed by atoms with E-state index in [1.165, 1.54) is 19.9 Å². The number of benzene rings is 3. The van der Waals surface area contributed by atoms with E-state index in [1.807, 2.05) is 13.8 Å². The van der Waals surface area contributed by atoms with Crippen LogP contribution in [-0.2, 0) is 44.0 Å². The molecule has 1 N–H and O–H groups in total. The van der Waals surface area contributed by atoms with Gasteiger partial charge < -0.3 is 24.1 Å². The van der Waals surface area contributed by atoms with Crippen molar-refractivity contribution < 1.29 is 43.2 Å². The van der Waals surface area contributed by atoms with Crippen LogP contribution >= 0.6 is 0 Å². The molecule has 3 aromatic carbocycles. The van der Waals surface area contributed by atoms with Crippen LogP contribution in [0.3, 0.4) is 0 Å². The van der Waals surface area contributed by atoms with Gasteiger partial charge in [-0.05, 0) is 47.7 Å². The Balaban J connectivity index is 1.82. The summed E-state index contributed by atoms with van der Waals surface area (Å²) in [6.45, 7) is 6.43. The van der Waals surface area contributed by atoms with E-state index in [1.54, 1.807) is 36.4 Å². The monoisotopic (exact) mass is 530 g/mol. The van der Waals surface area contributed by atoms with Crippen molar-refractivity contribution in [2.24, 2.45) is 0 Å². The molecule has 9 nitrogen and oxygen atoms in total. The van der Waals surface area contributed by atoms with Crippen LogP contribution in [0.1, 0.15) is 71.4 Å². The zero-order valence-corrected chi connectivity index (χ0v) is 21.9. The maximum atomic E-state index is 13.4. The second-order valence-electron chi connectivity index (χ2n) is 9.43. The van der Waals surface area contributed by atoms with Gasteiger partial charge in [0.15, 0.2) is 5.60 Å². The quantitative estimate of drug-likeness (QED) is 0.351. The molecule has 1 spiro atoms. The Labute approximate surface area is 224 Å². The summed E-state index contributed by atoms with van der Waals surface area (Å²) in [5.74, 6) is -1.40. The molecule has 2 heterocycles. The first-order chi connectivity index (χ1) is 18.6. The van der Waals surface area contributed by atoms with Gasteiger partial charge in [0.25, 0.3) is 0 Å². The normalized spacial score (nSPS) is 14.0. The number of ether oxygens (including phenoxy) is 4. The Morgan fingerprint density at radius 2 is 1.36 bits per heavy atom. The zero-order valence-electron chi connectivity index (χ0n) is 21.9. The zero-order chi connectivity index (χ0) is 28.1. The van der Waals surface area contributed by atoms with Gasteiger partial charge in [-0.15, -0.1) is 0 Å². The average Bonchev–Trinajstić information content (AvgIpc) is 3.14. The van der Waals surface area contributed by atoms with Crippen molar-refractivity contribution in [1.82, 2.24) is 0 Å². The molecular weight excluding hydrogens is 504 g/mol. The third-order valence-corrected chi connectivity index (χ3v) is 6.86. The molecule has 2 aliphatic heterocycles. The molecule has 0 fully saturated rings. The van der Waals surface area contributed by atoms with E-state index in [2.05, 4.69) is 0 Å². The Bertz CT molecular complexity index is 1490. The van der Waals surface area contributed by atoms with E-state index in [9.17, 15) is 24.3 Å². The number of aliphatic carboxylic acids is 1. The number of carboxylic acid groups (broad SMARTS) is 1. The Morgan fingerprint density at radius 1 is 0.821 bits per heavy atom. The number of fused-ring (bicyclic) bond motifs is 6. The maximum Gasteiger partial charge on any atom is 0.340 e. The van der Waals surface area contributed by atoms with Crippen LogP contribution in [0.4, 0.5) is 0 Å². The highest BCUT2D eigenvalue weighted by Crippen LogP contribution is 2.58. The largest absolute Gasteiger partial charge is 0.481 e. The van der Waals surface area contributed by atoms with Crippen LogP contribution in [-0.4, -0.2) is 29.0 Å². The lowest BCUT2D eigenvalue weighted by molar-refractivity contribution is -0.136. The van der Waals surface area contributed by atoms with E-state index in [-0.39, 0.29) is 12.0 Å². The van der Waals surface area contributed by atoms with Gasteiger partial charge >= 0.3 is 23.9 Å². The molecule has 0 amide bonds. The van der Waals surface area contributed by atoms with Crippen LogP contribution in [0.25, 0.3) is 0 Å². The lowest BCUT2D eigenvalue weighted by atomic mass is 9.76. The highest BCUT2D eigenvalue weighted by atomic mass is 16.6. The lowest BCUT2D eigenvalue weighted by Gasteiger charge is -2.37. The average molecular weight is 531 g/mol. The van der Waals surface area contributed by atoms with Crippen LogP contribution in [0.5, 0.6) is 23.0 Å². The van der Waals surface area contributed by atoms with Crippen molar-refractivity contribution in [2.45, 2.75) is 52.6 Å². The maximum absolute atomic E-state index is 13.4. The fraction of sp³-hybridized carbons (Fsp3) is 0.267. The molecule has 0 unspecified atom stereocenters. The summed E-state index contributed by atoms with van der Waals surface area (Å²) < 4.78 is 23.4. The van der Waals surface area contributed by atoms with E-state index >= 15 is 0 Å². The van der Waals surface area contributed by atoms with Gasteiger partial charge in [0, 0.05) is 42.7 Å². The molecular formula is C30H26O9. The highest BCUT2D eigenvalue weighted by molar-refractivity contribution is 5.97. The fourth-order valence-corrected chi connectivity index (χ4v) is 5.25. The minimum absolute atomic E-state index is 0.247. The number of hydrogen-bond acceptors (Lipinski definition) is 8. The van der Waals surface area contributed by atoms with Crippen LogP contribution in [0, 0.1) is 0 Å². The first kappa shape index (κ1) is 26.0. The SMILES string of the molecule is CCc1cc2c(cc1OC(C)=O)Oc1cc(OC(C)=O)c(CC)cc1C21OC(=O)c2cc(CC(=O)O)ccc21. The van der Waals surface area contributed by atoms with Crippen LogP contribution in [0.2, 0.25) is 0 Å². The molecule has 39 heavy (non-hydrogen) atoms. The predicted octanol–water partition coefficient (Wildman–Crippen LogP) is 4.86. The summed E-state index contributed by atoms with van der Waals surface area (Å²) in [4.78, 5) is 48.3. The Hall–Kier alpha value is -4.66. The fourth-order valence-electron chi connectivity index (χ4n) is 5.25. The molecule has 200 valence electrons. The van der Waals surface area contributed by atoms with Crippen molar-refractivity contribution in [3.63, 3.8) is 0 Å². The molecule has 0 atom stereocenters. The second kappa shape index (κ2) is 9.58. The second-order valence-corrected chi connectivity index (χ2v) is 9.43. The number of carbonyl (C=O) groups excluding carboxylic acids is 3. The van der Waals surface area contributed by atoms with Crippen molar-refractivity contribution in [3.05, 3.63) is 81.4 Å². The van der Waals surface area contributed by atoms with Gasteiger partial charge in [-0.3, -0.25) is 14.4 Å². The summed E-state index contributed by atoms with van der Waals surface area (Å²) >= 11 is 0. The summed E-state index contributed by atoms with van der Waals surface area (Å²) in [5.41, 5.74) is 2.26. The van der Waals surface area contributed by atoms with Crippen molar-refractivity contribution in [2.75, 3.05) is 0 Å². The molecule has 9 heteroatoms. The molecule has 5 rings (SSSR count). The number of esters is 3. The van der Waals surface area contributed by atoms with Crippen molar-refractivity contribution in [3.8, 4) is 23.0 Å². The predicted molar refractivity (Wildman–Crippen MR) is 137 cm³/mol. The number of hydrogen-bond donors (Lipinski definition) is 1. The molecule has 3 aromatic rings. The summed E-state index contributed by atoms with van der Waals surface area (Å²) in [7, 11) is 0. The van der Waals surface area contributed by atoms with Gasteiger partial charge in [-0.2, -0.15) is 0 Å². The van der Waals surface area contributed by atoms with Crippen molar-refractivity contribution in [1.29, 1.82) is 0 Å². The van der Waals surface area contributed by atoms with Crippen molar-refractivity contribution >= 4 is 23.9 Å². The van der Waals surface area contributed by atoms with Crippen LogP contribution < -0.4 is 14.2 Å². The highest BCUT2D eigenvalue weighted by Gasteiger charge is 2.54. The molecule has 0 bridgehead atoms. The van der Waals surface area contributed by atoms with E-state index in [4.69, 9.17) is 18.9 Å².